The quantitative estimate of drug-likeness (QED) is 0.575. The number of rotatable bonds is 4. The lowest BCUT2D eigenvalue weighted by Gasteiger charge is -2.15. The van der Waals surface area contributed by atoms with Crippen LogP contribution in [0.1, 0.15) is 38.5 Å². The summed E-state index contributed by atoms with van der Waals surface area (Å²) in [6, 6.07) is 0.0758. The van der Waals surface area contributed by atoms with Crippen LogP contribution in [0.3, 0.4) is 0 Å². The highest BCUT2D eigenvalue weighted by Crippen LogP contribution is 2.17. The van der Waals surface area contributed by atoms with E-state index in [1.165, 1.54) is 12.8 Å². The topological polar surface area (TPSA) is 72.2 Å². The first-order valence-electron chi connectivity index (χ1n) is 5.28. The molecule has 1 aliphatic rings. The van der Waals surface area contributed by atoms with Gasteiger partial charge < -0.3 is 5.73 Å². The Bertz CT molecular complexity index is 306. The molecular weight excluding hydrogens is 232 g/mol. The van der Waals surface area contributed by atoms with E-state index >= 15 is 0 Å². The largest absolute Gasteiger partial charge is 0.392 e. The van der Waals surface area contributed by atoms with Crippen LogP contribution in [0.4, 0.5) is 0 Å². The Balaban J connectivity index is 2.48. The predicted molar refractivity (Wildman–Crippen MR) is 65.2 cm³/mol. The van der Waals surface area contributed by atoms with Crippen LogP contribution in [0, 0.1) is 0 Å². The summed E-state index contributed by atoms with van der Waals surface area (Å²) in [5.74, 6) is -0.237. The lowest BCUT2D eigenvalue weighted by molar-refractivity contribution is 0.512. The first kappa shape index (κ1) is 12.9. The van der Waals surface area contributed by atoms with Crippen molar-refractivity contribution >= 4 is 27.2 Å². The Labute approximate surface area is 96.7 Å². The Kier molecular flexibility index (Phi) is 4.95. The molecule has 4 nitrogen and oxygen atoms in total. The van der Waals surface area contributed by atoms with Crippen LogP contribution in [-0.2, 0) is 10.0 Å². The van der Waals surface area contributed by atoms with Gasteiger partial charge in [0.15, 0.2) is 0 Å². The summed E-state index contributed by atoms with van der Waals surface area (Å²) in [5.41, 5.74) is 5.23. The summed E-state index contributed by atoms with van der Waals surface area (Å²) in [6.07, 6.45) is 6.45. The fourth-order valence-electron chi connectivity index (χ4n) is 1.88. The van der Waals surface area contributed by atoms with Crippen LogP contribution < -0.4 is 10.5 Å². The molecule has 0 saturated heterocycles. The third kappa shape index (κ3) is 5.44. The highest BCUT2D eigenvalue weighted by atomic mass is 32.2. The number of thiocarbonyl (C=S) groups is 1. The van der Waals surface area contributed by atoms with Crippen molar-refractivity contribution in [1.82, 2.24) is 4.72 Å². The maximum Gasteiger partial charge on any atom is 0.218 e. The van der Waals surface area contributed by atoms with Gasteiger partial charge in [0.2, 0.25) is 10.0 Å². The number of hydrogen-bond donors (Lipinski definition) is 2. The molecule has 0 bridgehead atoms. The Hall–Kier alpha value is -0.200. The monoisotopic (exact) mass is 250 g/mol. The molecule has 0 radical (unpaired) electrons. The first-order valence-corrected chi connectivity index (χ1v) is 7.34. The summed E-state index contributed by atoms with van der Waals surface area (Å²) >= 11 is 4.60. The van der Waals surface area contributed by atoms with Gasteiger partial charge in [0.25, 0.3) is 0 Å². The molecule has 1 rings (SSSR count). The molecule has 0 aromatic rings. The molecule has 6 heteroatoms. The fraction of sp³-hybridized carbons (Fsp3) is 0.889. The van der Waals surface area contributed by atoms with E-state index in [4.69, 9.17) is 5.73 Å². The molecule has 88 valence electrons. The lowest BCUT2D eigenvalue weighted by Crippen LogP contribution is -2.39. The second kappa shape index (κ2) is 5.77. The van der Waals surface area contributed by atoms with Gasteiger partial charge in [0.05, 0.1) is 4.99 Å². The van der Waals surface area contributed by atoms with Gasteiger partial charge in [0, 0.05) is 6.04 Å². The molecular formula is C9H18N2O2S2. The van der Waals surface area contributed by atoms with Crippen LogP contribution in [0.5, 0.6) is 0 Å². The van der Waals surface area contributed by atoms with Crippen molar-refractivity contribution in [3.8, 4) is 0 Å². The number of sulfonamides is 1. The van der Waals surface area contributed by atoms with E-state index in [9.17, 15) is 8.42 Å². The zero-order valence-electron chi connectivity index (χ0n) is 8.74. The van der Waals surface area contributed by atoms with Gasteiger partial charge in [-0.15, -0.1) is 0 Å². The van der Waals surface area contributed by atoms with E-state index < -0.39 is 10.0 Å². The smallest absolute Gasteiger partial charge is 0.218 e. The maximum atomic E-state index is 11.5. The number of nitrogens with two attached hydrogens (primary N) is 1. The Morgan fingerprint density at radius 1 is 1.27 bits per heavy atom. The molecule has 0 aromatic carbocycles. The van der Waals surface area contributed by atoms with Crippen LogP contribution in [0.25, 0.3) is 0 Å². The van der Waals surface area contributed by atoms with Crippen molar-refractivity contribution in [1.29, 1.82) is 0 Å². The van der Waals surface area contributed by atoms with E-state index in [2.05, 4.69) is 16.9 Å². The normalized spacial score (nSPS) is 19.7. The highest BCUT2D eigenvalue weighted by molar-refractivity contribution is 7.92. The number of nitrogens with one attached hydrogen (secondary N) is 1. The lowest BCUT2D eigenvalue weighted by atomic mass is 10.1. The highest BCUT2D eigenvalue weighted by Gasteiger charge is 2.19. The second-order valence-corrected chi connectivity index (χ2v) is 6.31. The van der Waals surface area contributed by atoms with Crippen molar-refractivity contribution in [2.75, 3.05) is 5.75 Å². The van der Waals surface area contributed by atoms with Crippen molar-refractivity contribution < 1.29 is 8.42 Å². The minimum atomic E-state index is -3.31. The van der Waals surface area contributed by atoms with Crippen LogP contribution in [-0.4, -0.2) is 25.2 Å². The summed E-state index contributed by atoms with van der Waals surface area (Å²) in [7, 11) is -3.31. The van der Waals surface area contributed by atoms with Gasteiger partial charge in [-0.2, -0.15) is 0 Å². The second-order valence-electron chi connectivity index (χ2n) is 4.03. The molecule has 0 aromatic heterocycles. The molecule has 0 spiro atoms. The Morgan fingerprint density at radius 2 is 1.80 bits per heavy atom. The Morgan fingerprint density at radius 3 is 2.27 bits per heavy atom. The first-order chi connectivity index (χ1) is 6.99. The molecule has 0 heterocycles. The zero-order valence-corrected chi connectivity index (χ0v) is 10.4. The van der Waals surface area contributed by atoms with Crippen LogP contribution >= 0.6 is 12.2 Å². The zero-order chi connectivity index (χ0) is 11.3. The standard InChI is InChI=1S/C9H18N2O2S2/c10-9(14)7-15(12,13)11-8-5-3-1-2-4-6-8/h8,11H,1-7H2,(H2,10,14). The van der Waals surface area contributed by atoms with Gasteiger partial charge in [-0.3, -0.25) is 0 Å². The van der Waals surface area contributed by atoms with Crippen molar-refractivity contribution in [2.24, 2.45) is 5.73 Å². The minimum absolute atomic E-state index is 0.0242. The molecule has 0 unspecified atom stereocenters. The maximum absolute atomic E-state index is 11.5. The third-order valence-corrected chi connectivity index (χ3v) is 4.24. The predicted octanol–water partition coefficient (Wildman–Crippen LogP) is 0.915. The average molecular weight is 250 g/mol. The van der Waals surface area contributed by atoms with Gasteiger partial charge in [0.1, 0.15) is 5.75 Å². The molecule has 3 N–H and O–H groups in total. The summed E-state index contributed by atoms with van der Waals surface area (Å²) in [6.45, 7) is 0. The van der Waals surface area contributed by atoms with Crippen molar-refractivity contribution in [3.63, 3.8) is 0 Å². The summed E-state index contributed by atoms with van der Waals surface area (Å²) < 4.78 is 25.8. The van der Waals surface area contributed by atoms with Crippen molar-refractivity contribution in [2.45, 2.75) is 44.6 Å². The minimum Gasteiger partial charge on any atom is -0.392 e. The molecule has 0 atom stereocenters. The molecule has 0 aliphatic heterocycles. The van der Waals surface area contributed by atoms with E-state index in [1.54, 1.807) is 0 Å². The number of hydrogen-bond acceptors (Lipinski definition) is 3. The van der Waals surface area contributed by atoms with Gasteiger partial charge in [-0.1, -0.05) is 37.9 Å². The fourth-order valence-corrected chi connectivity index (χ4v) is 3.55. The van der Waals surface area contributed by atoms with E-state index in [1.807, 2.05) is 0 Å². The van der Waals surface area contributed by atoms with Crippen molar-refractivity contribution in [3.05, 3.63) is 0 Å². The van der Waals surface area contributed by atoms with Crippen LogP contribution in [0.2, 0.25) is 0 Å². The molecule has 1 fully saturated rings. The molecule has 1 saturated carbocycles. The van der Waals surface area contributed by atoms with E-state index in [0.717, 1.165) is 25.7 Å². The van der Waals surface area contributed by atoms with Crippen LogP contribution in [0.15, 0.2) is 0 Å². The molecule has 0 amide bonds. The summed E-state index contributed by atoms with van der Waals surface area (Å²) in [5, 5.41) is 0. The SMILES string of the molecule is NC(=S)CS(=O)(=O)NC1CCCCCC1. The van der Waals surface area contributed by atoms with E-state index in [0.29, 0.717) is 0 Å². The molecule has 1 aliphatic carbocycles. The molecule has 15 heavy (non-hydrogen) atoms. The van der Waals surface area contributed by atoms with Gasteiger partial charge >= 0.3 is 0 Å². The third-order valence-electron chi connectivity index (χ3n) is 2.53. The van der Waals surface area contributed by atoms with E-state index in [-0.39, 0.29) is 16.8 Å². The van der Waals surface area contributed by atoms with Gasteiger partial charge in [-0.25, -0.2) is 13.1 Å². The average Bonchev–Trinajstić information content (AvgIpc) is 2.29. The summed E-state index contributed by atoms with van der Waals surface area (Å²) in [4.78, 5) is 0.0242. The van der Waals surface area contributed by atoms with Gasteiger partial charge in [-0.05, 0) is 12.8 Å².